The Labute approximate surface area is 290 Å². The Morgan fingerprint density at radius 2 is 0.727 bits per heavy atom. The lowest BCUT2D eigenvalue weighted by molar-refractivity contribution is 1.17. The standard InChI is InChI=1S/C42H28N2/c1-3-13-29(14-4-1)31-25-32(30-15-5-2-6-16-30)27-34(26-31)44-41-22-12-9-19-37(41)38-28-33(23-24-42(38)44)43-39-20-10-7-17-35(39)36-18-8-11-21-40(36)43/h1-28H/i1D,2D,3D,4D,5D,6D,7D,8D,9D,10D,11D,12D,13D,14D,15D,16D,17D,18D,19D,20D,21D,22D,23D,24D,28D. The highest BCUT2D eigenvalue weighted by atomic mass is 15.0. The van der Waals surface area contributed by atoms with Crippen LogP contribution in [0.3, 0.4) is 0 Å². The third-order valence-corrected chi connectivity index (χ3v) is 7.15. The van der Waals surface area contributed by atoms with Crippen LogP contribution in [0.2, 0.25) is 0 Å². The average Bonchev–Trinajstić information content (AvgIpc) is 3.87. The predicted molar refractivity (Wildman–Crippen MR) is 186 cm³/mol. The molecule has 0 saturated carbocycles. The Morgan fingerprint density at radius 3 is 1.25 bits per heavy atom. The van der Waals surface area contributed by atoms with Gasteiger partial charge in [-0.15, -0.1) is 0 Å². The van der Waals surface area contributed by atoms with Crippen molar-refractivity contribution in [2.45, 2.75) is 0 Å². The molecule has 2 heteroatoms. The Morgan fingerprint density at radius 1 is 0.318 bits per heavy atom. The molecule has 0 saturated heterocycles. The quantitative estimate of drug-likeness (QED) is 0.194. The molecule has 2 nitrogen and oxygen atoms in total. The molecular weight excluding hydrogens is 532 g/mol. The zero-order valence-corrected chi connectivity index (χ0v) is 22.1. The summed E-state index contributed by atoms with van der Waals surface area (Å²) in [5.41, 5.74) is -4.34. The van der Waals surface area contributed by atoms with E-state index in [9.17, 15) is 6.85 Å². The van der Waals surface area contributed by atoms with Crippen molar-refractivity contribution in [3.05, 3.63) is 169 Å². The maximum atomic E-state index is 9.90. The maximum Gasteiger partial charge on any atom is 0.0652 e. The molecule has 7 aromatic carbocycles. The topological polar surface area (TPSA) is 9.86 Å². The lowest BCUT2D eigenvalue weighted by atomic mass is 9.98. The molecule has 206 valence electrons. The Hall–Kier alpha value is -5.86. The van der Waals surface area contributed by atoms with Crippen molar-refractivity contribution in [2.24, 2.45) is 0 Å². The van der Waals surface area contributed by atoms with Gasteiger partial charge in [-0.3, -0.25) is 0 Å². The molecule has 44 heavy (non-hydrogen) atoms. The monoisotopic (exact) mass is 585 g/mol. The summed E-state index contributed by atoms with van der Waals surface area (Å²) in [5.74, 6) is 0. The van der Waals surface area contributed by atoms with Gasteiger partial charge in [0.25, 0.3) is 0 Å². The van der Waals surface area contributed by atoms with Gasteiger partial charge in [0.15, 0.2) is 0 Å². The van der Waals surface area contributed by atoms with Crippen LogP contribution in [0.1, 0.15) is 34.3 Å². The number of rotatable bonds is 4. The van der Waals surface area contributed by atoms with Gasteiger partial charge in [0.05, 0.1) is 56.3 Å². The molecule has 0 radical (unpaired) electrons. The van der Waals surface area contributed by atoms with E-state index in [1.807, 2.05) is 0 Å². The maximum absolute atomic E-state index is 9.90. The number of para-hydroxylation sites is 3. The largest absolute Gasteiger partial charge is 0.309 e. The van der Waals surface area contributed by atoms with E-state index in [2.05, 4.69) is 0 Å². The normalized spacial score (nSPS) is 19.6. The summed E-state index contributed by atoms with van der Waals surface area (Å²) in [7, 11) is 0. The molecule has 9 rings (SSSR count). The van der Waals surface area contributed by atoms with E-state index >= 15 is 0 Å². The molecule has 2 aromatic heterocycles. The number of benzene rings is 7. The smallest absolute Gasteiger partial charge is 0.0652 e. The summed E-state index contributed by atoms with van der Waals surface area (Å²) in [4.78, 5) is 0. The second kappa shape index (κ2) is 9.86. The van der Waals surface area contributed by atoms with Gasteiger partial charge in [0.1, 0.15) is 0 Å². The third kappa shape index (κ3) is 3.82. The summed E-state index contributed by atoms with van der Waals surface area (Å²) >= 11 is 0. The molecule has 0 spiro atoms. The first-order valence-corrected chi connectivity index (χ1v) is 13.1. The van der Waals surface area contributed by atoms with E-state index in [1.54, 1.807) is 0 Å². The molecule has 0 aliphatic heterocycles. The second-order valence-corrected chi connectivity index (χ2v) is 9.56. The van der Waals surface area contributed by atoms with Gasteiger partial charge in [-0.05, 0) is 76.7 Å². The van der Waals surface area contributed by atoms with Gasteiger partial charge in [0, 0.05) is 32.9 Å². The highest BCUT2D eigenvalue weighted by molar-refractivity contribution is 6.12. The molecule has 0 aliphatic carbocycles. The number of hydrogen-bond donors (Lipinski definition) is 0. The van der Waals surface area contributed by atoms with E-state index in [-0.39, 0.29) is 16.8 Å². The van der Waals surface area contributed by atoms with Crippen LogP contribution in [-0.2, 0) is 0 Å². The second-order valence-electron chi connectivity index (χ2n) is 9.56. The lowest BCUT2D eigenvalue weighted by Crippen LogP contribution is -1.97. The minimum Gasteiger partial charge on any atom is -0.309 e. The summed E-state index contributed by atoms with van der Waals surface area (Å²) < 4.78 is 222. The van der Waals surface area contributed by atoms with Crippen LogP contribution in [0.5, 0.6) is 0 Å². The van der Waals surface area contributed by atoms with Crippen molar-refractivity contribution in [1.82, 2.24) is 9.13 Å². The van der Waals surface area contributed by atoms with Gasteiger partial charge in [-0.2, -0.15) is 0 Å². The zero-order valence-electron chi connectivity index (χ0n) is 47.1. The number of hydrogen-bond acceptors (Lipinski definition) is 0. The van der Waals surface area contributed by atoms with Crippen molar-refractivity contribution in [3.63, 3.8) is 0 Å². The first-order valence-electron chi connectivity index (χ1n) is 25.6. The fourth-order valence-corrected chi connectivity index (χ4v) is 5.34. The molecule has 0 aliphatic rings. The minimum atomic E-state index is -0.918. The molecule has 0 bridgehead atoms. The fourth-order valence-electron chi connectivity index (χ4n) is 5.34. The van der Waals surface area contributed by atoms with Gasteiger partial charge in [-0.25, -0.2) is 0 Å². The predicted octanol–water partition coefficient (Wildman–Crippen LogP) is 11.2. The Kier molecular flexibility index (Phi) is 2.33. The average molecular weight is 586 g/mol. The molecule has 0 fully saturated rings. The summed E-state index contributed by atoms with van der Waals surface area (Å²) in [6, 6.07) is -16.1. The van der Waals surface area contributed by atoms with Crippen LogP contribution in [0.25, 0.3) is 77.2 Å². The van der Waals surface area contributed by atoms with E-state index in [0.717, 1.165) is 9.13 Å². The van der Waals surface area contributed by atoms with E-state index in [0.29, 0.717) is 0 Å². The molecule has 9 aromatic rings. The number of nitrogens with zero attached hydrogens (tertiary/aromatic N) is 2. The third-order valence-electron chi connectivity index (χ3n) is 7.15. The molecule has 0 amide bonds. The summed E-state index contributed by atoms with van der Waals surface area (Å²) in [6.45, 7) is 0. The fraction of sp³-hybridized carbons (Fsp3) is 0. The first kappa shape index (κ1) is 10.4. The highest BCUT2D eigenvalue weighted by Crippen LogP contribution is 2.38. The van der Waals surface area contributed by atoms with Crippen LogP contribution in [0.4, 0.5) is 0 Å². The summed E-state index contributed by atoms with van der Waals surface area (Å²) in [5, 5.41) is -1.77. The Balaban J connectivity index is 1.55. The Bertz CT molecular complexity index is 3680. The van der Waals surface area contributed by atoms with Gasteiger partial charge >= 0.3 is 0 Å². The molecular formula is C42H28N2. The van der Waals surface area contributed by atoms with Gasteiger partial charge in [0.2, 0.25) is 0 Å². The van der Waals surface area contributed by atoms with Crippen LogP contribution in [0.15, 0.2) is 169 Å². The molecule has 0 N–H and O–H groups in total. The van der Waals surface area contributed by atoms with Crippen molar-refractivity contribution in [1.29, 1.82) is 0 Å². The first-order chi connectivity index (χ1) is 32.2. The van der Waals surface area contributed by atoms with E-state index in [1.165, 1.54) is 18.2 Å². The van der Waals surface area contributed by atoms with Crippen molar-refractivity contribution >= 4 is 43.6 Å². The van der Waals surface area contributed by atoms with Gasteiger partial charge in [-0.1, -0.05) is 115 Å². The van der Waals surface area contributed by atoms with Crippen molar-refractivity contribution in [2.75, 3.05) is 0 Å². The van der Waals surface area contributed by atoms with Crippen LogP contribution < -0.4 is 0 Å². The van der Waals surface area contributed by atoms with Crippen LogP contribution in [-0.4, -0.2) is 9.13 Å². The SMILES string of the molecule is [2H]c1c([2H])c([2H])c(-c2cc(-c3c([2H])c([2H])c([2H])c([2H])c3[2H])cc(-n3c4c([2H])c([2H])c([2H])c([2H])c4c4c([2H])c(-n5c6c([2H])c([2H])c([2H])c([2H])c6c6c([2H])c([2H])c([2H])c([2H])c65)c([2H])c([2H])c43)c2)c([2H])c1[2H]. The highest BCUT2D eigenvalue weighted by Gasteiger charge is 2.17. The molecule has 2 heterocycles. The molecule has 0 unspecified atom stereocenters. The zero-order chi connectivity index (χ0) is 50.8. The van der Waals surface area contributed by atoms with E-state index in [4.69, 9.17) is 27.4 Å². The number of aromatic nitrogens is 2. The number of fused-ring (bicyclic) bond motifs is 6. The minimum absolute atomic E-state index is 0.240. The van der Waals surface area contributed by atoms with Gasteiger partial charge < -0.3 is 9.13 Å². The van der Waals surface area contributed by atoms with E-state index < -0.39 is 211 Å². The summed E-state index contributed by atoms with van der Waals surface area (Å²) in [6.07, 6.45) is 0. The lowest BCUT2D eigenvalue weighted by Gasteiger charge is -2.14. The van der Waals surface area contributed by atoms with Crippen LogP contribution >= 0.6 is 0 Å². The van der Waals surface area contributed by atoms with Crippen molar-refractivity contribution in [3.8, 4) is 33.6 Å². The van der Waals surface area contributed by atoms with Crippen LogP contribution in [0, 0.1) is 0 Å². The molecule has 0 atom stereocenters. The van der Waals surface area contributed by atoms with Crippen molar-refractivity contribution < 1.29 is 34.3 Å².